The molecule has 1 N–H and O–H groups in total. The van der Waals surface area contributed by atoms with Gasteiger partial charge in [0.05, 0.1) is 20.3 Å². The largest absolute Gasteiger partial charge is 0.468 e. The van der Waals surface area contributed by atoms with Gasteiger partial charge in [0.25, 0.3) is 0 Å². The van der Waals surface area contributed by atoms with E-state index in [4.69, 9.17) is 9.47 Å². The Bertz CT molecular complexity index is 332. The summed E-state index contributed by atoms with van der Waals surface area (Å²) >= 11 is 0. The number of hydrogen-bond acceptors (Lipinski definition) is 4. The SMILES string of the molecule is COC(=O)C1(C(=O)NCCC2CCCCC2)COC1. The van der Waals surface area contributed by atoms with Crippen molar-refractivity contribution in [2.45, 2.75) is 38.5 Å². The second kappa shape index (κ2) is 6.37. The number of carbonyl (C=O) groups excluding carboxylic acids is 2. The van der Waals surface area contributed by atoms with E-state index in [0.717, 1.165) is 12.3 Å². The maximum absolute atomic E-state index is 12.1. The van der Waals surface area contributed by atoms with Crippen LogP contribution in [0.2, 0.25) is 0 Å². The molecule has 5 nitrogen and oxygen atoms in total. The highest BCUT2D eigenvalue weighted by molar-refractivity contribution is 6.03. The lowest BCUT2D eigenvalue weighted by Crippen LogP contribution is -2.59. The van der Waals surface area contributed by atoms with Crippen molar-refractivity contribution in [1.29, 1.82) is 0 Å². The average molecular weight is 269 g/mol. The Morgan fingerprint density at radius 2 is 1.95 bits per heavy atom. The minimum Gasteiger partial charge on any atom is -0.468 e. The van der Waals surface area contributed by atoms with Gasteiger partial charge in [0, 0.05) is 6.54 Å². The Morgan fingerprint density at radius 3 is 2.47 bits per heavy atom. The lowest BCUT2D eigenvalue weighted by Gasteiger charge is -2.36. The maximum Gasteiger partial charge on any atom is 0.326 e. The number of nitrogens with one attached hydrogen (secondary N) is 1. The molecular weight excluding hydrogens is 246 g/mol. The fourth-order valence-electron chi connectivity index (χ4n) is 2.88. The van der Waals surface area contributed by atoms with Crippen LogP contribution in [-0.4, -0.2) is 38.7 Å². The van der Waals surface area contributed by atoms with Crippen molar-refractivity contribution in [2.24, 2.45) is 11.3 Å². The van der Waals surface area contributed by atoms with E-state index in [2.05, 4.69) is 5.32 Å². The molecule has 0 bridgehead atoms. The summed E-state index contributed by atoms with van der Waals surface area (Å²) in [5.74, 6) is -0.0175. The summed E-state index contributed by atoms with van der Waals surface area (Å²) in [7, 11) is 1.30. The highest BCUT2D eigenvalue weighted by Gasteiger charge is 2.53. The van der Waals surface area contributed by atoms with Crippen molar-refractivity contribution in [1.82, 2.24) is 5.32 Å². The number of amides is 1. The fourth-order valence-corrected chi connectivity index (χ4v) is 2.88. The smallest absolute Gasteiger partial charge is 0.326 e. The number of hydrogen-bond donors (Lipinski definition) is 1. The summed E-state index contributed by atoms with van der Waals surface area (Å²) in [6.45, 7) is 0.909. The van der Waals surface area contributed by atoms with Crippen LogP contribution in [0, 0.1) is 11.3 Å². The highest BCUT2D eigenvalue weighted by atomic mass is 16.5. The van der Waals surface area contributed by atoms with E-state index in [1.807, 2.05) is 0 Å². The molecule has 1 aliphatic heterocycles. The van der Waals surface area contributed by atoms with E-state index in [-0.39, 0.29) is 19.1 Å². The third kappa shape index (κ3) is 3.08. The third-order valence-electron chi connectivity index (χ3n) is 4.27. The van der Waals surface area contributed by atoms with Crippen molar-refractivity contribution >= 4 is 11.9 Å². The molecule has 19 heavy (non-hydrogen) atoms. The first-order valence-electron chi connectivity index (χ1n) is 7.13. The van der Waals surface area contributed by atoms with Gasteiger partial charge in [-0.3, -0.25) is 9.59 Å². The maximum atomic E-state index is 12.1. The molecule has 2 rings (SSSR count). The minimum absolute atomic E-state index is 0.134. The normalized spacial score (nSPS) is 22.4. The molecular formula is C14H23NO4. The Morgan fingerprint density at radius 1 is 1.26 bits per heavy atom. The highest BCUT2D eigenvalue weighted by Crippen LogP contribution is 2.30. The Hall–Kier alpha value is -1.10. The molecule has 1 saturated heterocycles. The lowest BCUT2D eigenvalue weighted by atomic mass is 9.84. The van der Waals surface area contributed by atoms with Gasteiger partial charge >= 0.3 is 5.97 Å². The zero-order chi connectivity index (χ0) is 13.7. The molecule has 1 amide bonds. The van der Waals surface area contributed by atoms with Crippen molar-refractivity contribution in [3.8, 4) is 0 Å². The van der Waals surface area contributed by atoms with Crippen LogP contribution in [0.3, 0.4) is 0 Å². The first-order chi connectivity index (χ1) is 9.19. The van der Waals surface area contributed by atoms with Gasteiger partial charge in [-0.15, -0.1) is 0 Å². The Balaban J connectivity index is 1.75. The summed E-state index contributed by atoms with van der Waals surface area (Å²) < 4.78 is 9.71. The van der Waals surface area contributed by atoms with E-state index in [1.165, 1.54) is 39.2 Å². The van der Waals surface area contributed by atoms with Gasteiger partial charge in [-0.1, -0.05) is 32.1 Å². The van der Waals surface area contributed by atoms with Crippen LogP contribution in [0.4, 0.5) is 0 Å². The fraction of sp³-hybridized carbons (Fsp3) is 0.857. The number of carbonyl (C=O) groups is 2. The summed E-state index contributed by atoms with van der Waals surface area (Å²) in [4.78, 5) is 23.8. The quantitative estimate of drug-likeness (QED) is 0.603. The summed E-state index contributed by atoms with van der Waals surface area (Å²) in [5.41, 5.74) is -1.10. The van der Waals surface area contributed by atoms with Gasteiger partial charge < -0.3 is 14.8 Å². The molecule has 2 aliphatic rings. The van der Waals surface area contributed by atoms with Gasteiger partial charge in [-0.2, -0.15) is 0 Å². The molecule has 1 aliphatic carbocycles. The van der Waals surface area contributed by atoms with Gasteiger partial charge in [0.2, 0.25) is 5.91 Å². The molecule has 108 valence electrons. The molecule has 0 unspecified atom stereocenters. The van der Waals surface area contributed by atoms with Crippen LogP contribution in [0.1, 0.15) is 38.5 Å². The topological polar surface area (TPSA) is 64.6 Å². The average Bonchev–Trinajstić information content (AvgIpc) is 2.38. The monoisotopic (exact) mass is 269 g/mol. The van der Waals surface area contributed by atoms with E-state index < -0.39 is 11.4 Å². The van der Waals surface area contributed by atoms with Crippen LogP contribution in [0.5, 0.6) is 0 Å². The molecule has 1 saturated carbocycles. The zero-order valence-corrected chi connectivity index (χ0v) is 11.6. The van der Waals surface area contributed by atoms with E-state index in [1.54, 1.807) is 0 Å². The lowest BCUT2D eigenvalue weighted by molar-refractivity contribution is -0.188. The van der Waals surface area contributed by atoms with Crippen LogP contribution in [-0.2, 0) is 19.1 Å². The molecule has 1 heterocycles. The number of esters is 1. The summed E-state index contributed by atoms with van der Waals surface area (Å²) in [5, 5.41) is 2.87. The second-order valence-electron chi connectivity index (χ2n) is 5.62. The first-order valence-corrected chi connectivity index (χ1v) is 7.13. The summed E-state index contributed by atoms with van der Waals surface area (Å²) in [6, 6.07) is 0. The van der Waals surface area contributed by atoms with Crippen LogP contribution >= 0.6 is 0 Å². The predicted octanol–water partition coefficient (Wildman–Crippen LogP) is 1.26. The van der Waals surface area contributed by atoms with Crippen LogP contribution < -0.4 is 5.32 Å². The standard InChI is InChI=1S/C14H23NO4/c1-18-13(17)14(9-19-10-14)12(16)15-8-7-11-5-3-2-4-6-11/h11H,2-10H2,1H3,(H,15,16). The number of methoxy groups -OCH3 is 1. The van der Waals surface area contributed by atoms with Gasteiger partial charge in [-0.25, -0.2) is 0 Å². The van der Waals surface area contributed by atoms with Crippen LogP contribution in [0.25, 0.3) is 0 Å². The van der Waals surface area contributed by atoms with Gasteiger partial charge in [0.15, 0.2) is 5.41 Å². The Kier molecular flexibility index (Phi) is 4.80. The third-order valence-corrected chi connectivity index (χ3v) is 4.27. The van der Waals surface area contributed by atoms with E-state index >= 15 is 0 Å². The molecule has 0 aromatic rings. The molecule has 0 aromatic carbocycles. The Labute approximate surface area is 114 Å². The molecule has 2 fully saturated rings. The van der Waals surface area contributed by atoms with E-state index in [9.17, 15) is 9.59 Å². The zero-order valence-electron chi connectivity index (χ0n) is 11.6. The number of ether oxygens (including phenoxy) is 2. The molecule has 0 radical (unpaired) electrons. The van der Waals surface area contributed by atoms with E-state index in [0.29, 0.717) is 6.54 Å². The van der Waals surface area contributed by atoms with Crippen molar-refractivity contribution in [2.75, 3.05) is 26.9 Å². The summed E-state index contributed by atoms with van der Waals surface area (Å²) in [6.07, 6.45) is 7.48. The van der Waals surface area contributed by atoms with Crippen molar-refractivity contribution in [3.63, 3.8) is 0 Å². The molecule has 5 heteroatoms. The number of rotatable bonds is 5. The second-order valence-corrected chi connectivity index (χ2v) is 5.62. The van der Waals surface area contributed by atoms with Gasteiger partial charge in [0.1, 0.15) is 0 Å². The molecule has 0 atom stereocenters. The van der Waals surface area contributed by atoms with Gasteiger partial charge in [-0.05, 0) is 12.3 Å². The molecule has 0 aromatic heterocycles. The molecule has 0 spiro atoms. The van der Waals surface area contributed by atoms with Crippen molar-refractivity contribution in [3.05, 3.63) is 0 Å². The first kappa shape index (κ1) is 14.3. The minimum atomic E-state index is -1.10. The van der Waals surface area contributed by atoms with Crippen LogP contribution in [0.15, 0.2) is 0 Å². The van der Waals surface area contributed by atoms with Crippen molar-refractivity contribution < 1.29 is 19.1 Å². The predicted molar refractivity (Wildman–Crippen MR) is 69.5 cm³/mol.